The van der Waals surface area contributed by atoms with Crippen molar-refractivity contribution >= 4 is 11.7 Å². The third kappa shape index (κ3) is 3.61. The van der Waals surface area contributed by atoms with Crippen LogP contribution in [-0.4, -0.2) is 29.2 Å². The van der Waals surface area contributed by atoms with E-state index in [1.807, 2.05) is 36.4 Å². The van der Waals surface area contributed by atoms with Crippen LogP contribution in [0.5, 0.6) is 0 Å². The fourth-order valence-electron chi connectivity index (χ4n) is 3.18. The minimum absolute atomic E-state index is 0.0475. The number of hydrogen-bond donors (Lipinski definition) is 1. The van der Waals surface area contributed by atoms with Crippen molar-refractivity contribution in [3.63, 3.8) is 0 Å². The lowest BCUT2D eigenvalue weighted by Crippen LogP contribution is -2.43. The van der Waals surface area contributed by atoms with Crippen molar-refractivity contribution in [2.75, 3.05) is 18.0 Å². The highest BCUT2D eigenvalue weighted by Crippen LogP contribution is 2.23. The molecule has 0 radical (unpaired) electrons. The minimum Gasteiger partial charge on any atom is -0.467 e. The predicted molar refractivity (Wildman–Crippen MR) is 95.2 cm³/mol. The van der Waals surface area contributed by atoms with E-state index in [9.17, 15) is 4.79 Å². The van der Waals surface area contributed by atoms with E-state index in [1.165, 1.54) is 0 Å². The van der Waals surface area contributed by atoms with E-state index in [0.717, 1.165) is 31.0 Å². The van der Waals surface area contributed by atoms with Crippen LogP contribution in [0.25, 0.3) is 11.5 Å². The van der Waals surface area contributed by atoms with E-state index in [1.54, 1.807) is 12.5 Å². The molecule has 7 nitrogen and oxygen atoms in total. The van der Waals surface area contributed by atoms with Gasteiger partial charge in [-0.05, 0) is 49.2 Å². The second kappa shape index (κ2) is 7.43. The van der Waals surface area contributed by atoms with Gasteiger partial charge in [-0.2, -0.15) is 0 Å². The quantitative estimate of drug-likeness (QED) is 0.760. The third-order valence-corrected chi connectivity index (χ3v) is 4.56. The van der Waals surface area contributed by atoms with Crippen molar-refractivity contribution < 1.29 is 13.6 Å². The molecule has 134 valence electrons. The zero-order valence-electron chi connectivity index (χ0n) is 14.3. The number of amides is 1. The Hall–Kier alpha value is -3.09. The summed E-state index contributed by atoms with van der Waals surface area (Å²) in [5.74, 6) is 2.21. The largest absolute Gasteiger partial charge is 0.467 e. The molecule has 1 aliphatic heterocycles. The first-order valence-electron chi connectivity index (χ1n) is 8.72. The first kappa shape index (κ1) is 16.4. The second-order valence-corrected chi connectivity index (χ2v) is 6.34. The Kier molecular flexibility index (Phi) is 4.68. The Labute approximate surface area is 151 Å². The van der Waals surface area contributed by atoms with Crippen molar-refractivity contribution in [1.82, 2.24) is 15.5 Å². The van der Waals surface area contributed by atoms with Gasteiger partial charge in [0.25, 0.3) is 0 Å². The van der Waals surface area contributed by atoms with E-state index >= 15 is 0 Å². The van der Waals surface area contributed by atoms with E-state index in [4.69, 9.17) is 8.83 Å². The van der Waals surface area contributed by atoms with Crippen LogP contribution in [0.3, 0.4) is 0 Å². The Balaban J connectivity index is 1.37. The highest BCUT2D eigenvalue weighted by atomic mass is 16.3. The second-order valence-electron chi connectivity index (χ2n) is 6.34. The molecule has 0 bridgehead atoms. The van der Waals surface area contributed by atoms with Crippen LogP contribution < -0.4 is 10.2 Å². The van der Waals surface area contributed by atoms with Gasteiger partial charge in [-0.15, -0.1) is 10.2 Å². The summed E-state index contributed by atoms with van der Waals surface area (Å²) in [4.78, 5) is 14.6. The average Bonchev–Trinajstić information content (AvgIpc) is 3.40. The maximum absolute atomic E-state index is 12.5. The van der Waals surface area contributed by atoms with Gasteiger partial charge in [0.2, 0.25) is 5.91 Å². The fraction of sp³-hybridized carbons (Fsp3) is 0.316. The minimum atomic E-state index is -0.0646. The molecule has 0 aliphatic carbocycles. The third-order valence-electron chi connectivity index (χ3n) is 4.56. The highest BCUT2D eigenvalue weighted by molar-refractivity contribution is 5.79. The van der Waals surface area contributed by atoms with Crippen molar-refractivity contribution in [1.29, 1.82) is 0 Å². The van der Waals surface area contributed by atoms with E-state index in [-0.39, 0.29) is 11.8 Å². The van der Waals surface area contributed by atoms with Gasteiger partial charge in [0.15, 0.2) is 11.6 Å². The number of nitrogens with zero attached hydrogens (tertiary/aromatic N) is 3. The predicted octanol–water partition coefficient (Wildman–Crippen LogP) is 2.86. The highest BCUT2D eigenvalue weighted by Gasteiger charge is 2.26. The van der Waals surface area contributed by atoms with Gasteiger partial charge in [0.1, 0.15) is 11.5 Å². The van der Waals surface area contributed by atoms with Crippen molar-refractivity contribution in [2.45, 2.75) is 19.4 Å². The monoisotopic (exact) mass is 352 g/mol. The van der Waals surface area contributed by atoms with Crippen LogP contribution in [0.15, 0.2) is 57.8 Å². The van der Waals surface area contributed by atoms with Crippen LogP contribution in [0.1, 0.15) is 18.6 Å². The van der Waals surface area contributed by atoms with Gasteiger partial charge in [-0.25, -0.2) is 0 Å². The lowest BCUT2D eigenvalue weighted by Gasteiger charge is -2.32. The molecule has 4 rings (SSSR count). The summed E-state index contributed by atoms with van der Waals surface area (Å²) < 4.78 is 10.6. The first-order chi connectivity index (χ1) is 12.8. The zero-order valence-corrected chi connectivity index (χ0v) is 14.3. The average molecular weight is 352 g/mol. The summed E-state index contributed by atoms with van der Waals surface area (Å²) in [7, 11) is 0. The summed E-state index contributed by atoms with van der Waals surface area (Å²) in [5.41, 5.74) is 0.698. The molecule has 3 aromatic heterocycles. The summed E-state index contributed by atoms with van der Waals surface area (Å²) in [6, 6.07) is 11.2. The maximum Gasteiger partial charge on any atom is 0.225 e. The van der Waals surface area contributed by atoms with Crippen molar-refractivity contribution in [2.24, 2.45) is 5.92 Å². The molecule has 0 unspecified atom stereocenters. The zero-order chi connectivity index (χ0) is 17.8. The molecule has 1 fully saturated rings. The first-order valence-corrected chi connectivity index (χ1v) is 8.72. The maximum atomic E-state index is 12.5. The van der Waals surface area contributed by atoms with Gasteiger partial charge in [-0.1, -0.05) is 0 Å². The molecule has 0 saturated carbocycles. The van der Waals surface area contributed by atoms with Crippen LogP contribution in [0.4, 0.5) is 5.82 Å². The molecule has 1 saturated heterocycles. The number of carbonyl (C=O) groups is 1. The number of rotatable bonds is 5. The molecule has 3 aromatic rings. The molecule has 0 aromatic carbocycles. The lowest BCUT2D eigenvalue weighted by atomic mass is 9.97. The number of piperidine rings is 1. The molecular weight excluding hydrogens is 332 g/mol. The van der Waals surface area contributed by atoms with Crippen molar-refractivity contribution in [3.05, 3.63) is 54.7 Å². The number of furan rings is 2. The Morgan fingerprint density at radius 1 is 1.15 bits per heavy atom. The Bertz CT molecular complexity index is 828. The molecular formula is C19H20N4O3. The molecule has 1 amide bonds. The number of carbonyl (C=O) groups excluding carboxylic acids is 1. The molecule has 1 aliphatic rings. The van der Waals surface area contributed by atoms with E-state index in [0.29, 0.717) is 24.5 Å². The van der Waals surface area contributed by atoms with Gasteiger partial charge in [0, 0.05) is 13.1 Å². The van der Waals surface area contributed by atoms with Gasteiger partial charge in [-0.3, -0.25) is 4.79 Å². The summed E-state index contributed by atoms with van der Waals surface area (Å²) in [5, 5.41) is 11.5. The van der Waals surface area contributed by atoms with E-state index in [2.05, 4.69) is 20.4 Å². The Morgan fingerprint density at radius 3 is 2.77 bits per heavy atom. The van der Waals surface area contributed by atoms with Crippen LogP contribution in [-0.2, 0) is 11.3 Å². The standard InChI is InChI=1S/C19H20N4O3/c24-19(20-12-15-5-2-10-25-15)14-4-1-9-23(13-14)18-8-7-16(21-22-18)17-6-3-11-26-17/h2-3,5-8,10-11,14H,1,4,9,12-13H2,(H,20,24)/t14-/m0/s1. The van der Waals surface area contributed by atoms with Gasteiger partial charge < -0.3 is 19.1 Å². The molecule has 7 heteroatoms. The molecule has 1 N–H and O–H groups in total. The van der Waals surface area contributed by atoms with Gasteiger partial charge in [0.05, 0.1) is 25.0 Å². The van der Waals surface area contributed by atoms with Gasteiger partial charge >= 0.3 is 0 Å². The SMILES string of the molecule is O=C(NCc1ccco1)[C@H]1CCCN(c2ccc(-c3ccco3)nn2)C1. The smallest absolute Gasteiger partial charge is 0.225 e. The number of hydrogen-bond acceptors (Lipinski definition) is 6. The summed E-state index contributed by atoms with van der Waals surface area (Å²) >= 11 is 0. The number of aromatic nitrogens is 2. The molecule has 4 heterocycles. The van der Waals surface area contributed by atoms with Crippen LogP contribution in [0, 0.1) is 5.92 Å². The molecule has 0 spiro atoms. The topological polar surface area (TPSA) is 84.4 Å². The normalized spacial score (nSPS) is 17.2. The fourth-order valence-corrected chi connectivity index (χ4v) is 3.18. The van der Waals surface area contributed by atoms with Crippen LogP contribution >= 0.6 is 0 Å². The number of anilines is 1. The van der Waals surface area contributed by atoms with Crippen molar-refractivity contribution in [3.8, 4) is 11.5 Å². The molecule has 1 atom stereocenters. The van der Waals surface area contributed by atoms with E-state index < -0.39 is 0 Å². The summed E-state index contributed by atoms with van der Waals surface area (Å²) in [6.45, 7) is 1.93. The van der Waals surface area contributed by atoms with Crippen LogP contribution in [0.2, 0.25) is 0 Å². The Morgan fingerprint density at radius 2 is 2.04 bits per heavy atom. The summed E-state index contributed by atoms with van der Waals surface area (Å²) in [6.07, 6.45) is 5.04. The number of nitrogens with one attached hydrogen (secondary N) is 1. The lowest BCUT2D eigenvalue weighted by molar-refractivity contribution is -0.125. The molecule has 26 heavy (non-hydrogen) atoms.